The van der Waals surface area contributed by atoms with Gasteiger partial charge in [0.15, 0.2) is 10.4 Å². The molecule has 0 bridgehead atoms. The van der Waals surface area contributed by atoms with Crippen molar-refractivity contribution in [1.29, 1.82) is 0 Å². The number of carbonyl (C=O) groups is 1. The summed E-state index contributed by atoms with van der Waals surface area (Å²) in [4.78, 5) is 12.8. The predicted molar refractivity (Wildman–Crippen MR) is 75.9 cm³/mol. The van der Waals surface area contributed by atoms with Crippen molar-refractivity contribution in [2.45, 2.75) is 4.90 Å². The van der Waals surface area contributed by atoms with Crippen molar-refractivity contribution in [1.82, 2.24) is 5.32 Å². The van der Waals surface area contributed by atoms with Crippen LogP contribution in [0.5, 0.6) is 0 Å². The molecule has 18 heavy (non-hydrogen) atoms. The van der Waals surface area contributed by atoms with Crippen LogP contribution >= 0.6 is 27.7 Å². The average Bonchev–Trinajstić information content (AvgIpc) is 2.82. The Kier molecular flexibility index (Phi) is 4.90. The lowest BCUT2D eigenvalue weighted by atomic mass is 10.4. The van der Waals surface area contributed by atoms with Crippen molar-refractivity contribution in [3.05, 3.63) is 52.9 Å². The molecule has 1 aromatic carbocycles. The Hall–Kier alpha value is -1.20. The van der Waals surface area contributed by atoms with E-state index in [4.69, 9.17) is 4.42 Å². The van der Waals surface area contributed by atoms with E-state index in [-0.39, 0.29) is 5.91 Å². The minimum Gasteiger partial charge on any atom is -0.444 e. The number of furan rings is 1. The standard InChI is InChI=1S/C13H12BrNO2S/c14-12-7-6-11(17-12)13(16)15-8-9-18-10-4-2-1-3-5-10/h1-7H,8-9H2,(H,15,16). The zero-order chi connectivity index (χ0) is 12.8. The highest BCUT2D eigenvalue weighted by Gasteiger charge is 2.08. The second-order valence-electron chi connectivity index (χ2n) is 3.52. The number of nitrogens with one attached hydrogen (secondary N) is 1. The Labute approximate surface area is 118 Å². The van der Waals surface area contributed by atoms with Gasteiger partial charge < -0.3 is 9.73 Å². The van der Waals surface area contributed by atoms with Crippen LogP contribution in [0.25, 0.3) is 0 Å². The molecule has 0 fully saturated rings. The van der Waals surface area contributed by atoms with Gasteiger partial charge in [0.1, 0.15) is 0 Å². The van der Waals surface area contributed by atoms with Crippen molar-refractivity contribution in [2.75, 3.05) is 12.3 Å². The van der Waals surface area contributed by atoms with E-state index < -0.39 is 0 Å². The van der Waals surface area contributed by atoms with E-state index >= 15 is 0 Å². The topological polar surface area (TPSA) is 42.2 Å². The normalized spacial score (nSPS) is 10.3. The Morgan fingerprint density at radius 1 is 1.22 bits per heavy atom. The van der Waals surface area contributed by atoms with E-state index in [2.05, 4.69) is 33.4 Å². The first kappa shape index (κ1) is 13.2. The summed E-state index contributed by atoms with van der Waals surface area (Å²) < 4.78 is 5.72. The number of carbonyl (C=O) groups excluding carboxylic acids is 1. The maximum Gasteiger partial charge on any atom is 0.287 e. The smallest absolute Gasteiger partial charge is 0.287 e. The van der Waals surface area contributed by atoms with Gasteiger partial charge in [-0.05, 0) is 40.2 Å². The van der Waals surface area contributed by atoms with Crippen molar-refractivity contribution >= 4 is 33.6 Å². The lowest BCUT2D eigenvalue weighted by Crippen LogP contribution is -2.25. The van der Waals surface area contributed by atoms with E-state index in [9.17, 15) is 4.79 Å². The Morgan fingerprint density at radius 2 is 2.00 bits per heavy atom. The molecule has 2 rings (SSSR count). The largest absolute Gasteiger partial charge is 0.444 e. The van der Waals surface area contributed by atoms with Crippen molar-refractivity contribution in [3.8, 4) is 0 Å². The van der Waals surface area contributed by atoms with Gasteiger partial charge >= 0.3 is 0 Å². The highest BCUT2D eigenvalue weighted by Crippen LogP contribution is 2.16. The predicted octanol–water partition coefficient (Wildman–Crippen LogP) is 3.56. The summed E-state index contributed by atoms with van der Waals surface area (Å²) in [6.45, 7) is 0.608. The first-order valence-corrected chi connectivity index (χ1v) is 7.25. The zero-order valence-corrected chi connectivity index (χ0v) is 12.0. The van der Waals surface area contributed by atoms with Crippen molar-refractivity contribution < 1.29 is 9.21 Å². The second-order valence-corrected chi connectivity index (χ2v) is 5.47. The van der Waals surface area contributed by atoms with Gasteiger partial charge in [-0.3, -0.25) is 4.79 Å². The quantitative estimate of drug-likeness (QED) is 0.675. The molecule has 0 saturated heterocycles. The van der Waals surface area contributed by atoms with Crippen molar-refractivity contribution in [2.24, 2.45) is 0 Å². The summed E-state index contributed by atoms with van der Waals surface area (Å²) >= 11 is 4.87. The number of amides is 1. The van der Waals surface area contributed by atoms with E-state index in [0.29, 0.717) is 17.0 Å². The fourth-order valence-electron chi connectivity index (χ4n) is 1.37. The van der Waals surface area contributed by atoms with E-state index in [0.717, 1.165) is 5.75 Å². The molecule has 0 unspecified atom stereocenters. The summed E-state index contributed by atoms with van der Waals surface area (Å²) in [7, 11) is 0. The number of halogens is 1. The van der Waals surface area contributed by atoms with Gasteiger partial charge in [-0.25, -0.2) is 0 Å². The zero-order valence-electron chi connectivity index (χ0n) is 9.56. The van der Waals surface area contributed by atoms with Crippen LogP contribution in [0, 0.1) is 0 Å². The monoisotopic (exact) mass is 325 g/mol. The molecule has 0 radical (unpaired) electrons. The van der Waals surface area contributed by atoms with Crippen LogP contribution in [-0.4, -0.2) is 18.2 Å². The van der Waals surface area contributed by atoms with Crippen LogP contribution in [0.4, 0.5) is 0 Å². The molecule has 0 aliphatic rings. The van der Waals surface area contributed by atoms with E-state index in [1.54, 1.807) is 23.9 Å². The first-order valence-electron chi connectivity index (χ1n) is 5.47. The van der Waals surface area contributed by atoms with E-state index in [1.807, 2.05) is 18.2 Å². The molecular weight excluding hydrogens is 314 g/mol. The SMILES string of the molecule is O=C(NCCSc1ccccc1)c1ccc(Br)o1. The molecular formula is C13H12BrNO2S. The molecule has 1 amide bonds. The van der Waals surface area contributed by atoms with Crippen LogP contribution in [-0.2, 0) is 0 Å². The number of benzene rings is 1. The fourth-order valence-corrected chi connectivity index (χ4v) is 2.47. The molecule has 5 heteroatoms. The molecule has 3 nitrogen and oxygen atoms in total. The van der Waals surface area contributed by atoms with Crippen molar-refractivity contribution in [3.63, 3.8) is 0 Å². The number of rotatable bonds is 5. The van der Waals surface area contributed by atoms with Gasteiger partial charge in [-0.15, -0.1) is 11.8 Å². The Balaban J connectivity index is 1.71. The van der Waals surface area contributed by atoms with Gasteiger partial charge in [0, 0.05) is 17.2 Å². The lowest BCUT2D eigenvalue weighted by Gasteiger charge is -2.03. The van der Waals surface area contributed by atoms with Gasteiger partial charge in [-0.2, -0.15) is 0 Å². The van der Waals surface area contributed by atoms with E-state index in [1.165, 1.54) is 4.90 Å². The highest BCUT2D eigenvalue weighted by molar-refractivity contribution is 9.10. The molecule has 0 aliphatic carbocycles. The third-order valence-electron chi connectivity index (χ3n) is 2.20. The van der Waals surface area contributed by atoms with Crippen LogP contribution in [0.1, 0.15) is 10.6 Å². The first-order chi connectivity index (χ1) is 8.75. The minimum absolute atomic E-state index is 0.186. The summed E-state index contributed by atoms with van der Waals surface area (Å²) in [5.41, 5.74) is 0. The Morgan fingerprint density at radius 3 is 2.67 bits per heavy atom. The second kappa shape index (κ2) is 6.66. The van der Waals surface area contributed by atoms with Gasteiger partial charge in [0.05, 0.1) is 0 Å². The Bertz CT molecular complexity index is 513. The summed E-state index contributed by atoms with van der Waals surface area (Å²) in [5, 5.41) is 2.81. The maximum absolute atomic E-state index is 11.6. The number of hydrogen-bond donors (Lipinski definition) is 1. The number of hydrogen-bond acceptors (Lipinski definition) is 3. The molecule has 1 heterocycles. The molecule has 94 valence electrons. The third kappa shape index (κ3) is 3.92. The van der Waals surface area contributed by atoms with Gasteiger partial charge in [-0.1, -0.05) is 18.2 Å². The maximum atomic E-state index is 11.6. The molecule has 1 aromatic heterocycles. The molecule has 1 N–H and O–H groups in total. The van der Waals surface area contributed by atoms with Gasteiger partial charge in [0.2, 0.25) is 0 Å². The lowest BCUT2D eigenvalue weighted by molar-refractivity contribution is 0.0927. The molecule has 2 aromatic rings. The van der Waals surface area contributed by atoms with Gasteiger partial charge in [0.25, 0.3) is 5.91 Å². The molecule has 0 saturated carbocycles. The van der Waals surface area contributed by atoms with Crippen LogP contribution in [0.15, 0.2) is 56.4 Å². The van der Waals surface area contributed by atoms with Crippen LogP contribution < -0.4 is 5.32 Å². The molecule has 0 aliphatic heterocycles. The minimum atomic E-state index is -0.186. The molecule has 0 atom stereocenters. The number of thioether (sulfide) groups is 1. The summed E-state index contributed by atoms with van der Waals surface area (Å²) in [6.07, 6.45) is 0. The average molecular weight is 326 g/mol. The third-order valence-corrected chi connectivity index (χ3v) is 3.64. The van der Waals surface area contributed by atoms with Crippen LogP contribution in [0.3, 0.4) is 0 Å². The highest BCUT2D eigenvalue weighted by atomic mass is 79.9. The fraction of sp³-hybridized carbons (Fsp3) is 0.154. The summed E-state index contributed by atoms with van der Waals surface area (Å²) in [5.74, 6) is 0.971. The van der Waals surface area contributed by atoms with Crippen LogP contribution in [0.2, 0.25) is 0 Å². The summed E-state index contributed by atoms with van der Waals surface area (Å²) in [6, 6.07) is 13.4. The molecule has 0 spiro atoms.